The number of hydrogen-bond acceptors (Lipinski definition) is 2. The molecule has 0 bridgehead atoms. The Morgan fingerprint density at radius 1 is 1.22 bits per heavy atom. The Morgan fingerprint density at radius 3 is 2.33 bits per heavy atom. The molecule has 18 heavy (non-hydrogen) atoms. The Morgan fingerprint density at radius 2 is 1.89 bits per heavy atom. The summed E-state index contributed by atoms with van der Waals surface area (Å²) in [7, 11) is 4.17. The summed E-state index contributed by atoms with van der Waals surface area (Å²) >= 11 is 0. The standard InChI is InChI=1S/C16H26N2/c1-13(2)16(10-5-11-17-16)12-14-6-8-15(9-7-14)18(3)4/h6-9,13,17H,5,10-12H2,1-4H3. The average Bonchev–Trinajstić information content (AvgIpc) is 2.79. The second-order valence-corrected chi connectivity index (χ2v) is 6.08. The molecular weight excluding hydrogens is 220 g/mol. The van der Waals surface area contributed by atoms with Crippen LogP contribution in [0.15, 0.2) is 24.3 Å². The summed E-state index contributed by atoms with van der Waals surface area (Å²) in [6.45, 7) is 5.85. The quantitative estimate of drug-likeness (QED) is 0.878. The molecule has 0 amide bonds. The molecule has 2 rings (SSSR count). The van der Waals surface area contributed by atoms with Crippen molar-refractivity contribution >= 4 is 5.69 Å². The van der Waals surface area contributed by atoms with Crippen molar-refractivity contribution in [3.63, 3.8) is 0 Å². The van der Waals surface area contributed by atoms with E-state index in [0.717, 1.165) is 6.42 Å². The number of benzene rings is 1. The first-order valence-electron chi connectivity index (χ1n) is 7.05. The van der Waals surface area contributed by atoms with Crippen molar-refractivity contribution in [3.8, 4) is 0 Å². The van der Waals surface area contributed by atoms with E-state index >= 15 is 0 Å². The lowest BCUT2D eigenvalue weighted by Crippen LogP contribution is -2.46. The van der Waals surface area contributed by atoms with Crippen LogP contribution in [0.25, 0.3) is 0 Å². The summed E-state index contributed by atoms with van der Waals surface area (Å²) in [6.07, 6.45) is 3.77. The van der Waals surface area contributed by atoms with Crippen LogP contribution in [0.2, 0.25) is 0 Å². The lowest BCUT2D eigenvalue weighted by Gasteiger charge is -2.34. The van der Waals surface area contributed by atoms with E-state index in [9.17, 15) is 0 Å². The van der Waals surface area contributed by atoms with E-state index in [1.54, 1.807) is 0 Å². The largest absolute Gasteiger partial charge is 0.378 e. The maximum atomic E-state index is 3.74. The van der Waals surface area contributed by atoms with E-state index in [2.05, 4.69) is 62.4 Å². The zero-order chi connectivity index (χ0) is 13.2. The van der Waals surface area contributed by atoms with Crippen LogP contribution < -0.4 is 10.2 Å². The third-order valence-corrected chi connectivity index (χ3v) is 4.35. The normalized spacial score (nSPS) is 23.6. The van der Waals surface area contributed by atoms with Gasteiger partial charge >= 0.3 is 0 Å². The van der Waals surface area contributed by atoms with Gasteiger partial charge in [0, 0.05) is 25.3 Å². The maximum absolute atomic E-state index is 3.74. The number of nitrogens with zero attached hydrogens (tertiary/aromatic N) is 1. The van der Waals surface area contributed by atoms with Crippen LogP contribution in [0.4, 0.5) is 5.69 Å². The molecule has 2 nitrogen and oxygen atoms in total. The summed E-state index contributed by atoms with van der Waals surface area (Å²) in [4.78, 5) is 2.15. The molecule has 1 saturated heterocycles. The first-order chi connectivity index (χ1) is 8.53. The molecule has 1 atom stereocenters. The molecule has 1 aliphatic heterocycles. The summed E-state index contributed by atoms with van der Waals surface area (Å²) < 4.78 is 0. The van der Waals surface area contributed by atoms with Crippen LogP contribution in [0.3, 0.4) is 0 Å². The Labute approximate surface area is 111 Å². The van der Waals surface area contributed by atoms with Crippen molar-refractivity contribution < 1.29 is 0 Å². The molecular formula is C16H26N2. The summed E-state index contributed by atoms with van der Waals surface area (Å²) in [5.41, 5.74) is 3.04. The molecule has 0 saturated carbocycles. The van der Waals surface area contributed by atoms with E-state index in [-0.39, 0.29) is 0 Å². The summed E-state index contributed by atoms with van der Waals surface area (Å²) in [5, 5.41) is 3.74. The van der Waals surface area contributed by atoms with Gasteiger partial charge in [0.25, 0.3) is 0 Å². The van der Waals surface area contributed by atoms with Gasteiger partial charge in [-0.1, -0.05) is 26.0 Å². The Hall–Kier alpha value is -1.02. The predicted octanol–water partition coefficient (Wildman–Crippen LogP) is 3.07. The van der Waals surface area contributed by atoms with Gasteiger partial charge in [-0.25, -0.2) is 0 Å². The monoisotopic (exact) mass is 246 g/mol. The van der Waals surface area contributed by atoms with Gasteiger partial charge in [0.15, 0.2) is 0 Å². The minimum absolute atomic E-state index is 0.319. The molecule has 1 fully saturated rings. The predicted molar refractivity (Wildman–Crippen MR) is 79.3 cm³/mol. The Kier molecular flexibility index (Phi) is 3.96. The number of nitrogens with one attached hydrogen (secondary N) is 1. The molecule has 0 radical (unpaired) electrons. The molecule has 1 heterocycles. The first-order valence-corrected chi connectivity index (χ1v) is 7.05. The SMILES string of the molecule is CC(C)C1(Cc2ccc(N(C)C)cc2)CCCN1. The molecule has 1 unspecified atom stereocenters. The van der Waals surface area contributed by atoms with Crippen molar-refractivity contribution in [1.29, 1.82) is 0 Å². The van der Waals surface area contributed by atoms with E-state index in [1.165, 1.54) is 30.6 Å². The lowest BCUT2D eigenvalue weighted by atomic mass is 9.80. The molecule has 1 N–H and O–H groups in total. The van der Waals surface area contributed by atoms with Crippen molar-refractivity contribution in [2.24, 2.45) is 5.92 Å². The van der Waals surface area contributed by atoms with Crippen LogP contribution >= 0.6 is 0 Å². The van der Waals surface area contributed by atoms with Crippen molar-refractivity contribution in [2.75, 3.05) is 25.5 Å². The van der Waals surface area contributed by atoms with Gasteiger partial charge in [0.1, 0.15) is 0 Å². The van der Waals surface area contributed by atoms with Crippen molar-refractivity contribution in [2.45, 2.75) is 38.6 Å². The molecule has 0 spiro atoms. The van der Waals surface area contributed by atoms with Gasteiger partial charge in [0.2, 0.25) is 0 Å². The van der Waals surface area contributed by atoms with E-state index in [1.807, 2.05) is 0 Å². The highest BCUT2D eigenvalue weighted by Gasteiger charge is 2.36. The van der Waals surface area contributed by atoms with Crippen LogP contribution in [-0.2, 0) is 6.42 Å². The van der Waals surface area contributed by atoms with Gasteiger partial charge in [-0.05, 0) is 49.4 Å². The van der Waals surface area contributed by atoms with Crippen LogP contribution in [0, 0.1) is 5.92 Å². The third-order valence-electron chi connectivity index (χ3n) is 4.35. The number of rotatable bonds is 4. The zero-order valence-electron chi connectivity index (χ0n) is 12.2. The van der Waals surface area contributed by atoms with Crippen LogP contribution in [-0.4, -0.2) is 26.2 Å². The van der Waals surface area contributed by atoms with Crippen molar-refractivity contribution in [3.05, 3.63) is 29.8 Å². The van der Waals surface area contributed by atoms with E-state index < -0.39 is 0 Å². The molecule has 0 aliphatic carbocycles. The molecule has 1 aromatic carbocycles. The first kappa shape index (κ1) is 13.4. The van der Waals surface area contributed by atoms with Crippen LogP contribution in [0.5, 0.6) is 0 Å². The second kappa shape index (κ2) is 5.31. The Balaban J connectivity index is 2.12. The molecule has 1 aliphatic rings. The average molecular weight is 246 g/mol. The fourth-order valence-electron chi connectivity index (χ4n) is 2.95. The minimum atomic E-state index is 0.319. The Bertz CT molecular complexity index is 373. The lowest BCUT2D eigenvalue weighted by molar-refractivity contribution is 0.269. The molecule has 100 valence electrons. The fourth-order valence-corrected chi connectivity index (χ4v) is 2.95. The highest BCUT2D eigenvalue weighted by Crippen LogP contribution is 2.31. The zero-order valence-corrected chi connectivity index (χ0v) is 12.2. The summed E-state index contributed by atoms with van der Waals surface area (Å²) in [6, 6.07) is 9.00. The highest BCUT2D eigenvalue weighted by molar-refractivity contribution is 5.46. The van der Waals surface area contributed by atoms with Gasteiger partial charge in [-0.15, -0.1) is 0 Å². The van der Waals surface area contributed by atoms with Gasteiger partial charge in [-0.3, -0.25) is 0 Å². The highest BCUT2D eigenvalue weighted by atomic mass is 15.1. The maximum Gasteiger partial charge on any atom is 0.0361 e. The minimum Gasteiger partial charge on any atom is -0.378 e. The smallest absolute Gasteiger partial charge is 0.0361 e. The van der Waals surface area contributed by atoms with Gasteiger partial charge in [0.05, 0.1) is 0 Å². The van der Waals surface area contributed by atoms with Gasteiger partial charge in [-0.2, -0.15) is 0 Å². The van der Waals surface area contributed by atoms with Crippen molar-refractivity contribution in [1.82, 2.24) is 5.32 Å². The molecule has 1 aromatic rings. The number of anilines is 1. The van der Waals surface area contributed by atoms with Crippen LogP contribution in [0.1, 0.15) is 32.3 Å². The van der Waals surface area contributed by atoms with E-state index in [4.69, 9.17) is 0 Å². The molecule has 2 heteroatoms. The van der Waals surface area contributed by atoms with Gasteiger partial charge < -0.3 is 10.2 Å². The van der Waals surface area contributed by atoms with E-state index in [0.29, 0.717) is 11.5 Å². The second-order valence-electron chi connectivity index (χ2n) is 6.08. The fraction of sp³-hybridized carbons (Fsp3) is 0.625. The third kappa shape index (κ3) is 2.69. The molecule has 0 aromatic heterocycles. The number of hydrogen-bond donors (Lipinski definition) is 1. The topological polar surface area (TPSA) is 15.3 Å². The summed E-state index contributed by atoms with van der Waals surface area (Å²) in [5.74, 6) is 0.688.